The summed E-state index contributed by atoms with van der Waals surface area (Å²) in [5.41, 5.74) is 0. The molecule has 2 fully saturated rings. The lowest BCUT2D eigenvalue weighted by atomic mass is 9.83. The summed E-state index contributed by atoms with van der Waals surface area (Å²) >= 11 is 0. The van der Waals surface area contributed by atoms with Crippen LogP contribution in [0.25, 0.3) is 0 Å². The van der Waals surface area contributed by atoms with Crippen LogP contribution in [0.2, 0.25) is 0 Å². The molecule has 0 spiro atoms. The Balaban J connectivity index is 1.39. The zero-order chi connectivity index (χ0) is 14.7. The summed E-state index contributed by atoms with van der Waals surface area (Å²) in [7, 11) is 0. The molecule has 2 saturated carbocycles. The van der Waals surface area contributed by atoms with E-state index in [1.165, 1.54) is 31.9 Å². The molecular formula is C16H24N2O3. The van der Waals surface area contributed by atoms with Crippen LogP contribution in [0.4, 0.5) is 4.79 Å². The highest BCUT2D eigenvalue weighted by Gasteiger charge is 2.35. The number of hydrogen-bond acceptors (Lipinski definition) is 3. The molecule has 3 atom stereocenters. The van der Waals surface area contributed by atoms with Gasteiger partial charge in [0, 0.05) is 6.04 Å². The average Bonchev–Trinajstić information content (AvgIpc) is 3.20. The maximum Gasteiger partial charge on any atom is 0.315 e. The van der Waals surface area contributed by atoms with Gasteiger partial charge in [0.15, 0.2) is 0 Å². The van der Waals surface area contributed by atoms with Gasteiger partial charge < -0.3 is 20.2 Å². The van der Waals surface area contributed by atoms with Crippen molar-refractivity contribution in [3.8, 4) is 0 Å². The van der Waals surface area contributed by atoms with Gasteiger partial charge in [0.2, 0.25) is 0 Å². The summed E-state index contributed by atoms with van der Waals surface area (Å²) in [6.45, 7) is 0.165. The highest BCUT2D eigenvalue weighted by molar-refractivity contribution is 5.74. The lowest BCUT2D eigenvalue weighted by Gasteiger charge is -2.30. The van der Waals surface area contributed by atoms with Crippen molar-refractivity contribution in [2.24, 2.45) is 11.8 Å². The van der Waals surface area contributed by atoms with Crippen molar-refractivity contribution in [1.29, 1.82) is 0 Å². The quantitative estimate of drug-likeness (QED) is 0.781. The first-order valence-corrected chi connectivity index (χ1v) is 7.98. The third-order valence-corrected chi connectivity index (χ3v) is 4.67. The number of aliphatic hydroxyl groups excluding tert-OH is 1. The minimum absolute atomic E-state index is 0.165. The molecule has 2 aliphatic rings. The van der Waals surface area contributed by atoms with Gasteiger partial charge in [-0.3, -0.25) is 0 Å². The summed E-state index contributed by atoms with van der Waals surface area (Å²) in [5.74, 6) is 2.19. The number of carbonyl (C=O) groups is 1. The van der Waals surface area contributed by atoms with E-state index < -0.39 is 6.10 Å². The largest absolute Gasteiger partial charge is 0.467 e. The lowest BCUT2D eigenvalue weighted by molar-refractivity contribution is 0.147. The van der Waals surface area contributed by atoms with E-state index in [4.69, 9.17) is 4.42 Å². The van der Waals surface area contributed by atoms with Crippen LogP contribution in [0.15, 0.2) is 22.8 Å². The second kappa shape index (κ2) is 6.52. The Bertz CT molecular complexity index is 456. The van der Waals surface area contributed by atoms with Gasteiger partial charge in [-0.2, -0.15) is 0 Å². The summed E-state index contributed by atoms with van der Waals surface area (Å²) in [6.07, 6.45) is 8.17. The maximum absolute atomic E-state index is 11.9. The Morgan fingerprint density at radius 1 is 1.33 bits per heavy atom. The Morgan fingerprint density at radius 2 is 2.19 bits per heavy atom. The van der Waals surface area contributed by atoms with E-state index in [9.17, 15) is 9.90 Å². The molecular weight excluding hydrogens is 268 g/mol. The van der Waals surface area contributed by atoms with Crippen LogP contribution in [0.3, 0.4) is 0 Å². The molecule has 0 bridgehead atoms. The van der Waals surface area contributed by atoms with Crippen molar-refractivity contribution in [1.82, 2.24) is 10.6 Å². The molecule has 2 amide bonds. The van der Waals surface area contributed by atoms with Gasteiger partial charge in [0.05, 0.1) is 12.8 Å². The molecule has 21 heavy (non-hydrogen) atoms. The van der Waals surface area contributed by atoms with E-state index in [0.717, 1.165) is 24.7 Å². The highest BCUT2D eigenvalue weighted by Crippen LogP contribution is 2.43. The smallest absolute Gasteiger partial charge is 0.315 e. The van der Waals surface area contributed by atoms with Crippen molar-refractivity contribution in [3.05, 3.63) is 24.2 Å². The zero-order valence-corrected chi connectivity index (χ0v) is 12.3. The maximum atomic E-state index is 11.9. The minimum Gasteiger partial charge on any atom is -0.467 e. The Kier molecular flexibility index (Phi) is 4.48. The molecule has 0 aliphatic heterocycles. The Labute approximate surface area is 125 Å². The molecule has 3 unspecified atom stereocenters. The fourth-order valence-electron chi connectivity index (χ4n) is 3.36. The lowest BCUT2D eigenvalue weighted by Crippen LogP contribution is -2.45. The van der Waals surface area contributed by atoms with E-state index in [1.54, 1.807) is 12.1 Å². The topological polar surface area (TPSA) is 74.5 Å². The molecule has 116 valence electrons. The fourth-order valence-corrected chi connectivity index (χ4v) is 3.36. The number of furan rings is 1. The van der Waals surface area contributed by atoms with Crippen molar-refractivity contribution in [2.75, 3.05) is 6.54 Å². The normalized spacial score (nSPS) is 27.1. The Morgan fingerprint density at radius 3 is 2.90 bits per heavy atom. The molecule has 3 rings (SSSR count). The van der Waals surface area contributed by atoms with Crippen LogP contribution < -0.4 is 10.6 Å². The van der Waals surface area contributed by atoms with Crippen molar-refractivity contribution in [2.45, 2.75) is 50.7 Å². The van der Waals surface area contributed by atoms with Gasteiger partial charge in [-0.15, -0.1) is 0 Å². The second-order valence-corrected chi connectivity index (χ2v) is 6.35. The molecule has 1 aromatic rings. The third kappa shape index (κ3) is 4.00. The predicted molar refractivity (Wildman–Crippen MR) is 78.7 cm³/mol. The molecule has 5 heteroatoms. The summed E-state index contributed by atoms with van der Waals surface area (Å²) in [4.78, 5) is 11.9. The van der Waals surface area contributed by atoms with Crippen LogP contribution in [-0.4, -0.2) is 23.7 Å². The molecule has 0 radical (unpaired) electrons. The van der Waals surface area contributed by atoms with E-state index >= 15 is 0 Å². The van der Waals surface area contributed by atoms with Crippen LogP contribution in [0.5, 0.6) is 0 Å². The van der Waals surface area contributed by atoms with Gasteiger partial charge >= 0.3 is 6.03 Å². The van der Waals surface area contributed by atoms with Crippen LogP contribution >= 0.6 is 0 Å². The Hall–Kier alpha value is -1.49. The van der Waals surface area contributed by atoms with Gasteiger partial charge in [-0.05, 0) is 49.7 Å². The zero-order valence-electron chi connectivity index (χ0n) is 12.3. The number of aliphatic hydroxyl groups is 1. The van der Waals surface area contributed by atoms with Crippen LogP contribution in [-0.2, 0) is 0 Å². The SMILES string of the molecule is O=C(NCC(O)c1ccco1)NC1CCCC(C2CC2)C1. The minimum atomic E-state index is -0.795. The van der Waals surface area contributed by atoms with Gasteiger partial charge in [0.1, 0.15) is 11.9 Å². The monoisotopic (exact) mass is 292 g/mol. The summed E-state index contributed by atoms with van der Waals surface area (Å²) in [6, 6.07) is 3.51. The molecule has 5 nitrogen and oxygen atoms in total. The average molecular weight is 292 g/mol. The standard InChI is InChI=1S/C16H24N2O3/c19-14(15-5-2-8-21-15)10-17-16(20)18-13-4-1-3-12(9-13)11-6-7-11/h2,5,8,11-14,19H,1,3-4,6-7,9-10H2,(H2,17,18,20). The molecule has 1 aromatic heterocycles. The number of urea groups is 1. The molecule has 1 heterocycles. The van der Waals surface area contributed by atoms with Gasteiger partial charge in [-0.1, -0.05) is 12.8 Å². The van der Waals surface area contributed by atoms with Crippen molar-refractivity contribution in [3.63, 3.8) is 0 Å². The second-order valence-electron chi connectivity index (χ2n) is 6.35. The van der Waals surface area contributed by atoms with Crippen molar-refractivity contribution < 1.29 is 14.3 Å². The predicted octanol–water partition coefficient (Wildman–Crippen LogP) is 2.58. The molecule has 3 N–H and O–H groups in total. The van der Waals surface area contributed by atoms with E-state index in [0.29, 0.717) is 5.76 Å². The van der Waals surface area contributed by atoms with E-state index in [-0.39, 0.29) is 18.6 Å². The number of nitrogens with one attached hydrogen (secondary N) is 2. The first kappa shape index (κ1) is 14.4. The van der Waals surface area contributed by atoms with Crippen LogP contribution in [0.1, 0.15) is 50.4 Å². The van der Waals surface area contributed by atoms with Crippen molar-refractivity contribution >= 4 is 6.03 Å². The van der Waals surface area contributed by atoms with Gasteiger partial charge in [0.25, 0.3) is 0 Å². The summed E-state index contributed by atoms with van der Waals surface area (Å²) < 4.78 is 5.10. The molecule has 0 saturated heterocycles. The first-order valence-electron chi connectivity index (χ1n) is 7.98. The highest BCUT2D eigenvalue weighted by atomic mass is 16.4. The van der Waals surface area contributed by atoms with Gasteiger partial charge in [-0.25, -0.2) is 4.79 Å². The molecule has 0 aromatic carbocycles. The number of amides is 2. The number of carbonyl (C=O) groups excluding carboxylic acids is 1. The third-order valence-electron chi connectivity index (χ3n) is 4.67. The number of rotatable bonds is 5. The summed E-state index contributed by atoms with van der Waals surface area (Å²) in [5, 5.41) is 15.6. The first-order chi connectivity index (χ1) is 10.2. The fraction of sp³-hybridized carbons (Fsp3) is 0.688. The van der Waals surface area contributed by atoms with E-state index in [1.807, 2.05) is 0 Å². The molecule has 2 aliphatic carbocycles. The van der Waals surface area contributed by atoms with E-state index in [2.05, 4.69) is 10.6 Å². The number of hydrogen-bond donors (Lipinski definition) is 3. The van der Waals surface area contributed by atoms with Crippen LogP contribution in [0, 0.1) is 11.8 Å².